The molecule has 0 saturated carbocycles. The van der Waals surface area contributed by atoms with Gasteiger partial charge in [-0.2, -0.15) is 0 Å². The number of hydrogen-bond donors (Lipinski definition) is 2. The number of H-pyrrole nitrogens is 1. The van der Waals surface area contributed by atoms with E-state index in [1.54, 1.807) is 18.2 Å². The van der Waals surface area contributed by atoms with Crippen molar-refractivity contribution in [3.63, 3.8) is 0 Å². The molecule has 0 aliphatic carbocycles. The third-order valence-electron chi connectivity index (χ3n) is 2.63. The molecule has 0 saturated heterocycles. The third-order valence-corrected chi connectivity index (χ3v) is 2.93. The van der Waals surface area contributed by atoms with E-state index in [0.29, 0.717) is 22.3 Å². The summed E-state index contributed by atoms with van der Waals surface area (Å²) in [6, 6.07) is 4.98. The van der Waals surface area contributed by atoms with Crippen molar-refractivity contribution < 1.29 is 9.53 Å². The van der Waals surface area contributed by atoms with Crippen LogP contribution in [-0.2, 0) is 6.42 Å². The van der Waals surface area contributed by atoms with Gasteiger partial charge >= 0.3 is 0 Å². The molecule has 1 amide bonds. The first-order chi connectivity index (χ1) is 9.63. The molecule has 2 rings (SSSR count). The number of aromatic amines is 1. The summed E-state index contributed by atoms with van der Waals surface area (Å²) in [4.78, 5) is 16.1. The van der Waals surface area contributed by atoms with Crippen LogP contribution in [0.15, 0.2) is 18.2 Å². The number of nitrogens with one attached hydrogen (secondary N) is 2. The Morgan fingerprint density at radius 2 is 2.30 bits per heavy atom. The van der Waals surface area contributed by atoms with Gasteiger partial charge in [0, 0.05) is 12.1 Å². The van der Waals surface area contributed by atoms with E-state index in [-0.39, 0.29) is 11.7 Å². The second-order valence-corrected chi connectivity index (χ2v) is 4.57. The van der Waals surface area contributed by atoms with Crippen molar-refractivity contribution in [2.45, 2.75) is 19.8 Å². The second kappa shape index (κ2) is 6.38. The average molecular weight is 295 g/mol. The minimum atomic E-state index is -0.384. The summed E-state index contributed by atoms with van der Waals surface area (Å²) in [6.07, 6.45) is 1.69. The van der Waals surface area contributed by atoms with E-state index in [0.717, 1.165) is 12.8 Å². The van der Waals surface area contributed by atoms with Crippen molar-refractivity contribution in [3.05, 3.63) is 34.9 Å². The highest BCUT2D eigenvalue weighted by Crippen LogP contribution is 2.27. The average Bonchev–Trinajstić information content (AvgIpc) is 2.88. The third kappa shape index (κ3) is 3.27. The van der Waals surface area contributed by atoms with Crippen molar-refractivity contribution in [1.82, 2.24) is 15.2 Å². The molecule has 0 bridgehead atoms. The van der Waals surface area contributed by atoms with Crippen molar-refractivity contribution in [2.75, 3.05) is 12.4 Å². The standard InChI is InChI=1S/C13H15ClN4O2/c1-3-4-11-16-12(18-17-11)13(19)15-8-5-6-10(20-2)9(14)7-8/h5-7H,3-4H2,1-2H3,(H,15,19)(H,16,17,18). The molecule has 2 N–H and O–H groups in total. The van der Waals surface area contributed by atoms with Gasteiger partial charge in [0.25, 0.3) is 5.91 Å². The lowest BCUT2D eigenvalue weighted by Crippen LogP contribution is -2.13. The number of aromatic nitrogens is 3. The number of anilines is 1. The fraction of sp³-hybridized carbons (Fsp3) is 0.308. The smallest absolute Gasteiger partial charge is 0.295 e. The number of ether oxygens (including phenoxy) is 1. The van der Waals surface area contributed by atoms with Crippen molar-refractivity contribution in [3.8, 4) is 5.75 Å². The molecule has 20 heavy (non-hydrogen) atoms. The van der Waals surface area contributed by atoms with Crippen LogP contribution < -0.4 is 10.1 Å². The highest BCUT2D eigenvalue weighted by atomic mass is 35.5. The number of nitrogens with zero attached hydrogens (tertiary/aromatic N) is 2. The molecule has 0 aliphatic heterocycles. The minimum Gasteiger partial charge on any atom is -0.495 e. The summed E-state index contributed by atoms with van der Waals surface area (Å²) in [5.41, 5.74) is 0.558. The second-order valence-electron chi connectivity index (χ2n) is 4.16. The van der Waals surface area contributed by atoms with Gasteiger partial charge in [-0.05, 0) is 24.6 Å². The van der Waals surface area contributed by atoms with E-state index in [1.165, 1.54) is 7.11 Å². The van der Waals surface area contributed by atoms with E-state index in [4.69, 9.17) is 16.3 Å². The molecule has 0 unspecified atom stereocenters. The first-order valence-electron chi connectivity index (χ1n) is 6.20. The Hall–Kier alpha value is -2.08. The predicted octanol–water partition coefficient (Wildman–Crippen LogP) is 2.67. The highest BCUT2D eigenvalue weighted by molar-refractivity contribution is 6.32. The van der Waals surface area contributed by atoms with Gasteiger partial charge in [-0.1, -0.05) is 18.5 Å². The maximum absolute atomic E-state index is 12.0. The molecule has 6 nitrogen and oxygen atoms in total. The minimum absolute atomic E-state index is 0.111. The van der Waals surface area contributed by atoms with Crippen molar-refractivity contribution in [2.24, 2.45) is 0 Å². The van der Waals surface area contributed by atoms with Gasteiger partial charge in [-0.15, -0.1) is 5.10 Å². The van der Waals surface area contributed by atoms with Gasteiger partial charge in [0.1, 0.15) is 11.6 Å². The lowest BCUT2D eigenvalue weighted by Gasteiger charge is -2.06. The van der Waals surface area contributed by atoms with Crippen molar-refractivity contribution >= 4 is 23.2 Å². The number of aryl methyl sites for hydroxylation is 1. The quantitative estimate of drug-likeness (QED) is 0.888. The fourth-order valence-corrected chi connectivity index (χ4v) is 1.93. The van der Waals surface area contributed by atoms with E-state index in [9.17, 15) is 4.79 Å². The Bertz CT molecular complexity index is 612. The lowest BCUT2D eigenvalue weighted by molar-refractivity contribution is 0.101. The van der Waals surface area contributed by atoms with Crippen LogP contribution in [0.3, 0.4) is 0 Å². The molecular formula is C13H15ClN4O2. The zero-order chi connectivity index (χ0) is 14.5. The lowest BCUT2D eigenvalue weighted by atomic mass is 10.3. The summed E-state index contributed by atoms with van der Waals surface area (Å²) in [5, 5.41) is 9.72. The summed E-state index contributed by atoms with van der Waals surface area (Å²) in [7, 11) is 1.53. The summed E-state index contributed by atoms with van der Waals surface area (Å²) >= 11 is 5.99. The summed E-state index contributed by atoms with van der Waals surface area (Å²) < 4.78 is 5.05. The first-order valence-corrected chi connectivity index (χ1v) is 6.58. The maximum atomic E-state index is 12.0. The molecular weight excluding hydrogens is 280 g/mol. The van der Waals surface area contributed by atoms with Crippen LogP contribution in [0.1, 0.15) is 29.8 Å². The molecule has 0 aliphatic rings. The van der Waals surface area contributed by atoms with Gasteiger partial charge in [0.05, 0.1) is 12.1 Å². The Labute approximate surface area is 121 Å². The number of hydrogen-bond acceptors (Lipinski definition) is 4. The Balaban J connectivity index is 2.08. The van der Waals surface area contributed by atoms with Crippen molar-refractivity contribution in [1.29, 1.82) is 0 Å². The summed E-state index contributed by atoms with van der Waals surface area (Å²) in [6.45, 7) is 2.03. The highest BCUT2D eigenvalue weighted by Gasteiger charge is 2.13. The van der Waals surface area contributed by atoms with E-state index in [1.807, 2.05) is 6.92 Å². The zero-order valence-corrected chi connectivity index (χ0v) is 12.0. The molecule has 1 heterocycles. The molecule has 0 spiro atoms. The van der Waals surface area contributed by atoms with E-state index < -0.39 is 0 Å². The van der Waals surface area contributed by atoms with Gasteiger partial charge < -0.3 is 10.1 Å². The van der Waals surface area contributed by atoms with Crippen LogP contribution in [-0.4, -0.2) is 28.2 Å². The molecule has 0 atom stereocenters. The fourth-order valence-electron chi connectivity index (χ4n) is 1.68. The van der Waals surface area contributed by atoms with E-state index in [2.05, 4.69) is 20.5 Å². The normalized spacial score (nSPS) is 10.3. The predicted molar refractivity (Wildman–Crippen MR) is 76.3 cm³/mol. The first kappa shape index (κ1) is 14.3. The van der Waals surface area contributed by atoms with Crippen LogP contribution in [0, 0.1) is 0 Å². The number of methoxy groups -OCH3 is 1. The molecule has 1 aromatic heterocycles. The summed E-state index contributed by atoms with van der Waals surface area (Å²) in [5.74, 6) is 0.975. The molecule has 2 aromatic rings. The van der Waals surface area contributed by atoms with E-state index >= 15 is 0 Å². The van der Waals surface area contributed by atoms with Gasteiger partial charge in [-0.3, -0.25) is 9.89 Å². The Morgan fingerprint density at radius 3 is 2.95 bits per heavy atom. The number of amides is 1. The SMILES string of the molecule is CCCc1nc(C(=O)Nc2ccc(OC)c(Cl)c2)n[nH]1. The molecule has 7 heteroatoms. The topological polar surface area (TPSA) is 79.9 Å². The van der Waals surface area contributed by atoms with Crippen LogP contribution in [0.4, 0.5) is 5.69 Å². The maximum Gasteiger partial charge on any atom is 0.295 e. The molecule has 0 fully saturated rings. The van der Waals surface area contributed by atoms with Crippen LogP contribution in [0.25, 0.3) is 0 Å². The Morgan fingerprint density at radius 1 is 1.50 bits per heavy atom. The zero-order valence-electron chi connectivity index (χ0n) is 11.2. The van der Waals surface area contributed by atoms with Crippen LogP contribution in [0.2, 0.25) is 5.02 Å². The monoisotopic (exact) mass is 294 g/mol. The van der Waals surface area contributed by atoms with Gasteiger partial charge in [0.2, 0.25) is 5.82 Å². The van der Waals surface area contributed by atoms with Crippen LogP contribution in [0.5, 0.6) is 5.75 Å². The largest absolute Gasteiger partial charge is 0.495 e. The number of halogens is 1. The number of carbonyl (C=O) groups excluding carboxylic acids is 1. The molecule has 106 valence electrons. The number of benzene rings is 1. The van der Waals surface area contributed by atoms with Gasteiger partial charge in [-0.25, -0.2) is 4.98 Å². The Kier molecular flexibility index (Phi) is 4.57. The molecule has 1 aromatic carbocycles. The number of rotatable bonds is 5. The number of carbonyl (C=O) groups is 1. The molecule has 0 radical (unpaired) electrons. The van der Waals surface area contributed by atoms with Crippen LogP contribution >= 0.6 is 11.6 Å². The van der Waals surface area contributed by atoms with Gasteiger partial charge in [0.15, 0.2) is 0 Å².